The van der Waals surface area contributed by atoms with Gasteiger partial charge in [-0.3, -0.25) is 4.79 Å². The number of ether oxygens (including phenoxy) is 1. The molecular weight excluding hydrogens is 214 g/mol. The SMILES string of the molecule is CCOC(=O)CCCC[NH2+]Cc1ccccc1. The Labute approximate surface area is 103 Å². The maximum atomic E-state index is 11.1. The van der Waals surface area contributed by atoms with Crippen LogP contribution in [0.4, 0.5) is 0 Å². The van der Waals surface area contributed by atoms with Gasteiger partial charge in [0, 0.05) is 12.0 Å². The van der Waals surface area contributed by atoms with E-state index in [0.29, 0.717) is 13.0 Å². The summed E-state index contributed by atoms with van der Waals surface area (Å²) in [6.07, 6.45) is 2.53. The van der Waals surface area contributed by atoms with Crippen molar-refractivity contribution in [2.75, 3.05) is 13.2 Å². The molecule has 0 aliphatic rings. The highest BCUT2D eigenvalue weighted by molar-refractivity contribution is 5.69. The van der Waals surface area contributed by atoms with Crippen LogP contribution in [0.2, 0.25) is 0 Å². The largest absolute Gasteiger partial charge is 0.466 e. The van der Waals surface area contributed by atoms with Gasteiger partial charge >= 0.3 is 5.97 Å². The van der Waals surface area contributed by atoms with Gasteiger partial charge in [-0.05, 0) is 19.8 Å². The lowest BCUT2D eigenvalue weighted by molar-refractivity contribution is -0.670. The molecule has 0 aliphatic heterocycles. The average Bonchev–Trinajstić information content (AvgIpc) is 2.35. The zero-order valence-corrected chi connectivity index (χ0v) is 10.5. The summed E-state index contributed by atoms with van der Waals surface area (Å²) in [5, 5.41) is 2.28. The molecule has 0 fully saturated rings. The first-order chi connectivity index (χ1) is 8.33. The molecule has 0 radical (unpaired) electrons. The average molecular weight is 236 g/mol. The van der Waals surface area contributed by atoms with Gasteiger partial charge in [-0.2, -0.15) is 0 Å². The lowest BCUT2D eigenvalue weighted by Gasteiger charge is -2.02. The summed E-state index contributed by atoms with van der Waals surface area (Å²) in [6.45, 7) is 4.40. The summed E-state index contributed by atoms with van der Waals surface area (Å²) in [7, 11) is 0. The van der Waals surface area contributed by atoms with Crippen LogP contribution in [0.25, 0.3) is 0 Å². The van der Waals surface area contributed by atoms with Gasteiger partial charge < -0.3 is 10.1 Å². The van der Waals surface area contributed by atoms with E-state index in [2.05, 4.69) is 29.6 Å². The van der Waals surface area contributed by atoms with Crippen molar-refractivity contribution in [3.63, 3.8) is 0 Å². The first kappa shape index (κ1) is 13.7. The summed E-state index contributed by atoms with van der Waals surface area (Å²) >= 11 is 0. The maximum absolute atomic E-state index is 11.1. The molecule has 0 bridgehead atoms. The minimum Gasteiger partial charge on any atom is -0.466 e. The molecule has 0 spiro atoms. The monoisotopic (exact) mass is 236 g/mol. The zero-order valence-electron chi connectivity index (χ0n) is 10.5. The fourth-order valence-corrected chi connectivity index (χ4v) is 1.67. The number of carbonyl (C=O) groups is 1. The fraction of sp³-hybridized carbons (Fsp3) is 0.500. The quantitative estimate of drug-likeness (QED) is 0.549. The molecule has 17 heavy (non-hydrogen) atoms. The van der Waals surface area contributed by atoms with E-state index in [4.69, 9.17) is 4.74 Å². The van der Waals surface area contributed by atoms with E-state index in [9.17, 15) is 4.79 Å². The molecule has 0 atom stereocenters. The number of unbranched alkanes of at least 4 members (excludes halogenated alkanes) is 1. The van der Waals surface area contributed by atoms with Gasteiger partial charge in [0.15, 0.2) is 0 Å². The molecule has 94 valence electrons. The predicted octanol–water partition coefficient (Wildman–Crippen LogP) is 1.48. The Bertz CT molecular complexity index is 311. The van der Waals surface area contributed by atoms with Crippen LogP contribution < -0.4 is 5.32 Å². The van der Waals surface area contributed by atoms with Gasteiger partial charge in [-0.25, -0.2) is 0 Å². The second-order valence-corrected chi connectivity index (χ2v) is 4.03. The number of nitrogens with two attached hydrogens (primary N) is 1. The molecule has 2 N–H and O–H groups in total. The number of quaternary nitrogens is 1. The van der Waals surface area contributed by atoms with Crippen molar-refractivity contribution >= 4 is 5.97 Å². The van der Waals surface area contributed by atoms with Crippen molar-refractivity contribution in [2.24, 2.45) is 0 Å². The normalized spacial score (nSPS) is 10.2. The maximum Gasteiger partial charge on any atom is 0.305 e. The van der Waals surface area contributed by atoms with Gasteiger partial charge in [0.2, 0.25) is 0 Å². The highest BCUT2D eigenvalue weighted by atomic mass is 16.5. The molecule has 0 aliphatic carbocycles. The topological polar surface area (TPSA) is 42.9 Å². The van der Waals surface area contributed by atoms with Crippen molar-refractivity contribution in [3.05, 3.63) is 35.9 Å². The number of hydrogen-bond donors (Lipinski definition) is 1. The molecule has 0 amide bonds. The summed E-state index contributed by atoms with van der Waals surface area (Å²) in [5.74, 6) is -0.0736. The van der Waals surface area contributed by atoms with E-state index < -0.39 is 0 Å². The highest BCUT2D eigenvalue weighted by Crippen LogP contribution is 1.96. The van der Waals surface area contributed by atoms with Crippen molar-refractivity contribution in [2.45, 2.75) is 32.7 Å². The van der Waals surface area contributed by atoms with E-state index >= 15 is 0 Å². The van der Waals surface area contributed by atoms with Crippen LogP contribution in [0, 0.1) is 0 Å². The third-order valence-corrected chi connectivity index (χ3v) is 2.57. The standard InChI is InChI=1S/C14H21NO2/c1-2-17-14(16)10-6-7-11-15-12-13-8-4-3-5-9-13/h3-5,8-9,15H,2,6-7,10-12H2,1H3/p+1. The van der Waals surface area contributed by atoms with Crippen molar-refractivity contribution in [1.82, 2.24) is 0 Å². The first-order valence-electron chi connectivity index (χ1n) is 6.34. The van der Waals surface area contributed by atoms with E-state index in [1.54, 1.807) is 0 Å². The van der Waals surface area contributed by atoms with Crippen LogP contribution in [0.3, 0.4) is 0 Å². The van der Waals surface area contributed by atoms with Gasteiger partial charge in [0.25, 0.3) is 0 Å². The Morgan fingerprint density at radius 3 is 2.71 bits per heavy atom. The predicted molar refractivity (Wildman–Crippen MR) is 67.4 cm³/mol. The molecule has 0 saturated heterocycles. The van der Waals surface area contributed by atoms with Crippen molar-refractivity contribution in [3.8, 4) is 0 Å². The lowest BCUT2D eigenvalue weighted by Crippen LogP contribution is -2.82. The number of esters is 1. The molecule has 0 unspecified atom stereocenters. The summed E-state index contributed by atoms with van der Waals surface area (Å²) in [4.78, 5) is 11.1. The molecule has 1 rings (SSSR count). The number of carbonyl (C=O) groups excluding carboxylic acids is 1. The minimum absolute atomic E-state index is 0.0736. The van der Waals surface area contributed by atoms with Crippen LogP contribution in [0.15, 0.2) is 30.3 Å². The summed E-state index contributed by atoms with van der Waals surface area (Å²) < 4.78 is 4.87. The fourth-order valence-electron chi connectivity index (χ4n) is 1.67. The Hall–Kier alpha value is -1.35. The summed E-state index contributed by atoms with van der Waals surface area (Å²) in [6, 6.07) is 10.4. The van der Waals surface area contributed by atoms with E-state index in [1.165, 1.54) is 5.56 Å². The minimum atomic E-state index is -0.0736. The van der Waals surface area contributed by atoms with Gasteiger partial charge in [0.1, 0.15) is 6.54 Å². The molecule has 3 nitrogen and oxygen atoms in total. The smallest absolute Gasteiger partial charge is 0.305 e. The van der Waals surface area contributed by atoms with Gasteiger partial charge in [0.05, 0.1) is 13.2 Å². The molecule has 1 aromatic carbocycles. The molecule has 0 heterocycles. The van der Waals surface area contributed by atoms with Crippen LogP contribution in [-0.4, -0.2) is 19.1 Å². The second-order valence-electron chi connectivity index (χ2n) is 4.03. The highest BCUT2D eigenvalue weighted by Gasteiger charge is 2.01. The number of hydrogen-bond acceptors (Lipinski definition) is 2. The lowest BCUT2D eigenvalue weighted by atomic mass is 10.2. The Kier molecular flexibility index (Phi) is 7.07. The van der Waals surface area contributed by atoms with Crippen LogP contribution in [0.1, 0.15) is 31.7 Å². The van der Waals surface area contributed by atoms with E-state index in [1.807, 2.05) is 13.0 Å². The Balaban J connectivity index is 1.96. The number of rotatable bonds is 8. The van der Waals surface area contributed by atoms with Gasteiger partial charge in [-0.1, -0.05) is 30.3 Å². The van der Waals surface area contributed by atoms with Crippen LogP contribution in [0.5, 0.6) is 0 Å². The van der Waals surface area contributed by atoms with Crippen LogP contribution >= 0.6 is 0 Å². The first-order valence-corrected chi connectivity index (χ1v) is 6.34. The summed E-state index contributed by atoms with van der Waals surface area (Å²) in [5.41, 5.74) is 1.35. The van der Waals surface area contributed by atoms with Crippen LogP contribution in [-0.2, 0) is 16.1 Å². The third-order valence-electron chi connectivity index (χ3n) is 2.57. The van der Waals surface area contributed by atoms with Gasteiger partial charge in [-0.15, -0.1) is 0 Å². The number of benzene rings is 1. The molecular formula is C14H22NO2+. The zero-order chi connectivity index (χ0) is 12.3. The molecule has 0 saturated carbocycles. The van der Waals surface area contributed by atoms with E-state index in [-0.39, 0.29) is 5.97 Å². The Morgan fingerprint density at radius 1 is 1.24 bits per heavy atom. The van der Waals surface area contributed by atoms with Crippen molar-refractivity contribution in [1.29, 1.82) is 0 Å². The third kappa shape index (κ3) is 6.74. The van der Waals surface area contributed by atoms with Crippen molar-refractivity contribution < 1.29 is 14.8 Å². The molecule has 0 aromatic heterocycles. The molecule has 1 aromatic rings. The van der Waals surface area contributed by atoms with E-state index in [0.717, 1.165) is 25.9 Å². The second kappa shape index (κ2) is 8.76. The Morgan fingerprint density at radius 2 is 2.00 bits per heavy atom. The molecule has 3 heteroatoms.